The van der Waals surface area contributed by atoms with Gasteiger partial charge in [0.15, 0.2) is 0 Å². The highest BCUT2D eigenvalue weighted by Gasteiger charge is 2.20. The van der Waals surface area contributed by atoms with Gasteiger partial charge in [-0.2, -0.15) is 0 Å². The van der Waals surface area contributed by atoms with E-state index in [-0.39, 0.29) is 11.9 Å². The Morgan fingerprint density at radius 3 is 3.21 bits per heavy atom. The summed E-state index contributed by atoms with van der Waals surface area (Å²) in [7, 11) is 0. The first kappa shape index (κ1) is 13.8. The lowest BCUT2D eigenvalue weighted by molar-refractivity contribution is -0.119. The third-order valence-corrected chi connectivity index (χ3v) is 3.35. The maximum absolute atomic E-state index is 11.7. The molecule has 0 spiro atoms. The number of nitrogens with one attached hydrogen (secondary N) is 2. The van der Waals surface area contributed by atoms with E-state index >= 15 is 0 Å². The summed E-state index contributed by atoms with van der Waals surface area (Å²) in [6, 6.07) is 4.27. The van der Waals surface area contributed by atoms with Gasteiger partial charge < -0.3 is 15.5 Å². The molecule has 0 bridgehead atoms. The summed E-state index contributed by atoms with van der Waals surface area (Å²) in [4.78, 5) is 18.2. The van der Waals surface area contributed by atoms with Crippen molar-refractivity contribution in [2.45, 2.75) is 26.3 Å². The van der Waals surface area contributed by atoms with Gasteiger partial charge in [0.2, 0.25) is 5.91 Å². The zero-order valence-corrected chi connectivity index (χ0v) is 11.6. The Bertz CT molecular complexity index is 435. The predicted octanol–water partition coefficient (Wildman–Crippen LogP) is 1.08. The summed E-state index contributed by atoms with van der Waals surface area (Å²) < 4.78 is 0. The lowest BCUT2D eigenvalue weighted by Crippen LogP contribution is -2.34. The van der Waals surface area contributed by atoms with Crippen molar-refractivity contribution in [1.82, 2.24) is 15.6 Å². The van der Waals surface area contributed by atoms with Crippen molar-refractivity contribution in [1.29, 1.82) is 0 Å². The molecule has 0 saturated carbocycles. The van der Waals surface area contributed by atoms with Crippen molar-refractivity contribution in [2.24, 2.45) is 0 Å². The van der Waals surface area contributed by atoms with Crippen LogP contribution in [0, 0.1) is 0 Å². The molecule has 1 fully saturated rings. The molecule has 1 atom stereocenters. The van der Waals surface area contributed by atoms with Gasteiger partial charge in [0.1, 0.15) is 5.82 Å². The van der Waals surface area contributed by atoms with Crippen LogP contribution >= 0.6 is 0 Å². The molecule has 1 unspecified atom stereocenters. The van der Waals surface area contributed by atoms with Crippen LogP contribution in [0.5, 0.6) is 0 Å². The lowest BCUT2D eigenvalue weighted by atomic mass is 10.1. The quantitative estimate of drug-likeness (QED) is 0.852. The molecular weight excluding hydrogens is 240 g/mol. The maximum atomic E-state index is 11.7. The standard InChI is InChI=1S/C14H22N4O/c1-3-15-11(2)12-6-4-7-17-14(12)18-9-5-8-16-13(19)10-18/h4,6-7,11,15H,3,5,8-10H2,1-2H3,(H,16,19). The van der Waals surface area contributed by atoms with E-state index < -0.39 is 0 Å². The van der Waals surface area contributed by atoms with Crippen LogP contribution in [0.15, 0.2) is 18.3 Å². The fourth-order valence-corrected chi connectivity index (χ4v) is 2.41. The van der Waals surface area contributed by atoms with Gasteiger partial charge in [0.25, 0.3) is 0 Å². The van der Waals surface area contributed by atoms with Gasteiger partial charge in [-0.05, 0) is 26.0 Å². The first-order chi connectivity index (χ1) is 9.22. The Hall–Kier alpha value is -1.62. The van der Waals surface area contributed by atoms with E-state index in [1.807, 2.05) is 6.07 Å². The van der Waals surface area contributed by atoms with Gasteiger partial charge in [-0.1, -0.05) is 13.0 Å². The van der Waals surface area contributed by atoms with Crippen LogP contribution in [0.2, 0.25) is 0 Å². The maximum Gasteiger partial charge on any atom is 0.239 e. The van der Waals surface area contributed by atoms with Crippen LogP contribution in [0.3, 0.4) is 0 Å². The molecular formula is C14H22N4O. The first-order valence-corrected chi connectivity index (χ1v) is 6.92. The Balaban J connectivity index is 2.25. The summed E-state index contributed by atoms with van der Waals surface area (Å²) in [5.41, 5.74) is 1.15. The molecule has 2 heterocycles. The Labute approximate surface area is 114 Å². The summed E-state index contributed by atoms with van der Waals surface area (Å²) >= 11 is 0. The van der Waals surface area contributed by atoms with Crippen LogP contribution in [0.4, 0.5) is 5.82 Å². The number of hydrogen-bond donors (Lipinski definition) is 2. The topological polar surface area (TPSA) is 57.3 Å². The average molecular weight is 262 g/mol. The minimum absolute atomic E-state index is 0.0743. The highest BCUT2D eigenvalue weighted by atomic mass is 16.2. The molecule has 104 valence electrons. The van der Waals surface area contributed by atoms with Crippen LogP contribution < -0.4 is 15.5 Å². The number of carbonyl (C=O) groups is 1. The summed E-state index contributed by atoms with van der Waals surface area (Å²) in [6.45, 7) is 7.13. The van der Waals surface area contributed by atoms with E-state index in [0.717, 1.165) is 37.4 Å². The first-order valence-electron chi connectivity index (χ1n) is 6.92. The van der Waals surface area contributed by atoms with E-state index in [2.05, 4.69) is 40.4 Å². The van der Waals surface area contributed by atoms with Crippen molar-refractivity contribution in [3.8, 4) is 0 Å². The van der Waals surface area contributed by atoms with E-state index in [9.17, 15) is 4.79 Å². The molecule has 2 rings (SSSR count). The molecule has 0 radical (unpaired) electrons. The molecule has 0 aliphatic carbocycles. The third-order valence-electron chi connectivity index (χ3n) is 3.35. The van der Waals surface area contributed by atoms with E-state index in [0.29, 0.717) is 6.54 Å². The molecule has 1 aromatic heterocycles. The Morgan fingerprint density at radius 1 is 1.58 bits per heavy atom. The van der Waals surface area contributed by atoms with E-state index in [1.165, 1.54) is 0 Å². The van der Waals surface area contributed by atoms with Crippen molar-refractivity contribution in [3.05, 3.63) is 23.9 Å². The van der Waals surface area contributed by atoms with Gasteiger partial charge in [0, 0.05) is 30.9 Å². The van der Waals surface area contributed by atoms with Crippen molar-refractivity contribution >= 4 is 11.7 Å². The van der Waals surface area contributed by atoms with Gasteiger partial charge in [-0.3, -0.25) is 4.79 Å². The second kappa shape index (κ2) is 6.52. The zero-order valence-electron chi connectivity index (χ0n) is 11.6. The third kappa shape index (κ3) is 3.44. The molecule has 2 N–H and O–H groups in total. The van der Waals surface area contributed by atoms with Crippen LogP contribution in [0.25, 0.3) is 0 Å². The minimum atomic E-state index is 0.0743. The van der Waals surface area contributed by atoms with Gasteiger partial charge in [0.05, 0.1) is 6.54 Å². The molecule has 1 aliphatic rings. The molecule has 1 amide bonds. The minimum Gasteiger partial charge on any atom is -0.354 e. The van der Waals surface area contributed by atoms with Crippen LogP contribution in [0.1, 0.15) is 31.9 Å². The van der Waals surface area contributed by atoms with Crippen molar-refractivity contribution in [2.75, 3.05) is 31.1 Å². The molecule has 0 aromatic carbocycles. The predicted molar refractivity (Wildman–Crippen MR) is 76.2 cm³/mol. The normalized spacial score (nSPS) is 17.8. The number of hydrogen-bond acceptors (Lipinski definition) is 4. The van der Waals surface area contributed by atoms with E-state index in [4.69, 9.17) is 0 Å². The Morgan fingerprint density at radius 2 is 2.42 bits per heavy atom. The highest BCUT2D eigenvalue weighted by Crippen LogP contribution is 2.24. The number of rotatable bonds is 4. The monoisotopic (exact) mass is 262 g/mol. The second-order valence-corrected chi connectivity index (χ2v) is 4.82. The molecule has 1 saturated heterocycles. The summed E-state index contributed by atoms with van der Waals surface area (Å²) in [5, 5.41) is 6.29. The van der Waals surface area contributed by atoms with Gasteiger partial charge >= 0.3 is 0 Å². The molecule has 19 heavy (non-hydrogen) atoms. The van der Waals surface area contributed by atoms with Gasteiger partial charge in [-0.15, -0.1) is 0 Å². The van der Waals surface area contributed by atoms with Gasteiger partial charge in [-0.25, -0.2) is 4.98 Å². The summed E-state index contributed by atoms with van der Waals surface area (Å²) in [5.74, 6) is 0.998. The number of carbonyl (C=O) groups excluding carboxylic acids is 1. The van der Waals surface area contributed by atoms with Crippen molar-refractivity contribution < 1.29 is 4.79 Å². The number of aromatic nitrogens is 1. The highest BCUT2D eigenvalue weighted by molar-refractivity contribution is 5.81. The number of nitrogens with zero attached hydrogens (tertiary/aromatic N) is 2. The van der Waals surface area contributed by atoms with Crippen molar-refractivity contribution in [3.63, 3.8) is 0 Å². The number of amides is 1. The SMILES string of the molecule is CCNC(C)c1cccnc1N1CCCNC(=O)C1. The lowest BCUT2D eigenvalue weighted by Gasteiger charge is -2.25. The van der Waals surface area contributed by atoms with E-state index in [1.54, 1.807) is 6.20 Å². The largest absolute Gasteiger partial charge is 0.354 e. The fraction of sp³-hybridized carbons (Fsp3) is 0.571. The zero-order chi connectivity index (χ0) is 13.7. The fourth-order valence-electron chi connectivity index (χ4n) is 2.41. The smallest absolute Gasteiger partial charge is 0.239 e. The number of anilines is 1. The summed E-state index contributed by atoms with van der Waals surface area (Å²) in [6.07, 6.45) is 2.75. The molecule has 1 aromatic rings. The second-order valence-electron chi connectivity index (χ2n) is 4.82. The molecule has 5 nitrogen and oxygen atoms in total. The van der Waals surface area contributed by atoms with Crippen LogP contribution in [-0.2, 0) is 4.79 Å². The molecule has 1 aliphatic heterocycles. The Kier molecular flexibility index (Phi) is 4.74. The molecule has 5 heteroatoms. The number of pyridine rings is 1. The average Bonchev–Trinajstić information content (AvgIpc) is 2.64. The van der Waals surface area contributed by atoms with Crippen LogP contribution in [-0.4, -0.2) is 37.1 Å².